The van der Waals surface area contributed by atoms with Crippen LogP contribution in [0.3, 0.4) is 0 Å². The number of nitrogens with zero attached hydrogens (tertiary/aromatic N) is 2. The highest BCUT2D eigenvalue weighted by Crippen LogP contribution is 2.39. The van der Waals surface area contributed by atoms with Crippen LogP contribution in [-0.4, -0.2) is 50.3 Å². The fourth-order valence-electron chi connectivity index (χ4n) is 3.26. The fraction of sp³-hybridized carbons (Fsp3) is 0.769. The first kappa shape index (κ1) is 14.6. The van der Waals surface area contributed by atoms with Crippen LogP contribution in [0.15, 0.2) is 4.90 Å². The van der Waals surface area contributed by atoms with E-state index in [0.29, 0.717) is 11.6 Å². The van der Waals surface area contributed by atoms with Gasteiger partial charge in [0.2, 0.25) is 0 Å². The van der Waals surface area contributed by atoms with Crippen LogP contribution in [0, 0.1) is 0 Å². The van der Waals surface area contributed by atoms with E-state index >= 15 is 0 Å². The fourth-order valence-corrected chi connectivity index (χ4v) is 4.27. The maximum absolute atomic E-state index is 12.1. The summed E-state index contributed by atoms with van der Waals surface area (Å²) in [5.41, 5.74) is 0. The number of hydrogen-bond acceptors (Lipinski definition) is 6. The molecule has 0 radical (unpaired) electrons. The zero-order valence-corrected chi connectivity index (χ0v) is 13.4. The summed E-state index contributed by atoms with van der Waals surface area (Å²) >= 11 is 0. The number of ether oxygens (including phenoxy) is 1. The molecular formula is C13H22N4O3S. The third-order valence-electron chi connectivity index (χ3n) is 4.22. The number of hydrogen-bond donors (Lipinski definition) is 2. The molecule has 21 heavy (non-hydrogen) atoms. The SMILES string of the molecule is CNc1nn2c(c1S(C)(=O)=O)NCCC2C1CCC(C)O1. The van der Waals surface area contributed by atoms with Crippen molar-refractivity contribution in [3.8, 4) is 0 Å². The second-order valence-electron chi connectivity index (χ2n) is 5.84. The van der Waals surface area contributed by atoms with Gasteiger partial charge in [-0.3, -0.25) is 0 Å². The summed E-state index contributed by atoms with van der Waals surface area (Å²) in [6.07, 6.45) is 4.51. The molecule has 3 unspecified atom stereocenters. The quantitative estimate of drug-likeness (QED) is 0.873. The average Bonchev–Trinajstić information content (AvgIpc) is 3.00. The van der Waals surface area contributed by atoms with E-state index in [4.69, 9.17) is 4.74 Å². The highest BCUT2D eigenvalue weighted by Gasteiger charge is 2.37. The first-order valence-electron chi connectivity index (χ1n) is 7.31. The second-order valence-corrected chi connectivity index (χ2v) is 7.79. The molecule has 2 aliphatic heterocycles. The Morgan fingerprint density at radius 3 is 2.71 bits per heavy atom. The molecule has 2 aliphatic rings. The lowest BCUT2D eigenvalue weighted by atomic mass is 10.0. The molecule has 1 aromatic rings. The summed E-state index contributed by atoms with van der Waals surface area (Å²) < 4.78 is 31.9. The van der Waals surface area contributed by atoms with Gasteiger partial charge in [0.1, 0.15) is 5.82 Å². The van der Waals surface area contributed by atoms with Crippen LogP contribution in [0.5, 0.6) is 0 Å². The molecule has 0 saturated carbocycles. The summed E-state index contributed by atoms with van der Waals surface area (Å²) in [7, 11) is -1.66. The Morgan fingerprint density at radius 1 is 1.38 bits per heavy atom. The predicted octanol–water partition coefficient (Wildman–Crippen LogP) is 1.25. The maximum Gasteiger partial charge on any atom is 0.182 e. The van der Waals surface area contributed by atoms with Crippen LogP contribution in [0.25, 0.3) is 0 Å². The Balaban J connectivity index is 2.04. The molecule has 3 atom stereocenters. The topological polar surface area (TPSA) is 85.2 Å². The minimum atomic E-state index is -3.35. The summed E-state index contributed by atoms with van der Waals surface area (Å²) in [5, 5.41) is 10.5. The van der Waals surface area contributed by atoms with E-state index in [0.717, 1.165) is 25.8 Å². The van der Waals surface area contributed by atoms with Crippen LogP contribution in [0.4, 0.5) is 11.6 Å². The molecular weight excluding hydrogens is 292 g/mol. The van der Waals surface area contributed by atoms with Crippen molar-refractivity contribution in [1.82, 2.24) is 9.78 Å². The van der Waals surface area contributed by atoms with E-state index in [2.05, 4.69) is 22.7 Å². The molecule has 3 rings (SSSR count). The van der Waals surface area contributed by atoms with Gasteiger partial charge in [0, 0.05) is 19.8 Å². The van der Waals surface area contributed by atoms with E-state index in [-0.39, 0.29) is 23.1 Å². The Bertz CT molecular complexity index is 640. The summed E-state index contributed by atoms with van der Waals surface area (Å²) in [6, 6.07) is 0.0915. The third kappa shape index (κ3) is 2.50. The lowest BCUT2D eigenvalue weighted by Gasteiger charge is -2.30. The maximum atomic E-state index is 12.1. The highest BCUT2D eigenvalue weighted by molar-refractivity contribution is 7.91. The largest absolute Gasteiger partial charge is 0.373 e. The van der Waals surface area contributed by atoms with Crippen LogP contribution < -0.4 is 10.6 Å². The van der Waals surface area contributed by atoms with E-state index < -0.39 is 9.84 Å². The smallest absolute Gasteiger partial charge is 0.182 e. The highest BCUT2D eigenvalue weighted by atomic mass is 32.2. The van der Waals surface area contributed by atoms with Gasteiger partial charge in [0.15, 0.2) is 20.6 Å². The third-order valence-corrected chi connectivity index (χ3v) is 5.34. The van der Waals surface area contributed by atoms with Crippen LogP contribution in [-0.2, 0) is 14.6 Å². The van der Waals surface area contributed by atoms with E-state index in [9.17, 15) is 8.42 Å². The summed E-state index contributed by atoms with van der Waals surface area (Å²) in [5.74, 6) is 0.985. The molecule has 1 fully saturated rings. The van der Waals surface area contributed by atoms with E-state index in [1.165, 1.54) is 6.26 Å². The van der Waals surface area contributed by atoms with Gasteiger partial charge in [-0.25, -0.2) is 13.1 Å². The molecule has 0 spiro atoms. The van der Waals surface area contributed by atoms with Gasteiger partial charge < -0.3 is 15.4 Å². The van der Waals surface area contributed by atoms with Crippen molar-refractivity contribution in [3.63, 3.8) is 0 Å². The Labute approximate surface area is 125 Å². The lowest BCUT2D eigenvalue weighted by Crippen LogP contribution is -2.32. The molecule has 0 bridgehead atoms. The van der Waals surface area contributed by atoms with Crippen molar-refractivity contribution in [1.29, 1.82) is 0 Å². The van der Waals surface area contributed by atoms with Gasteiger partial charge >= 0.3 is 0 Å². The van der Waals surface area contributed by atoms with Crippen molar-refractivity contribution in [2.24, 2.45) is 0 Å². The number of fused-ring (bicyclic) bond motifs is 1. The molecule has 1 saturated heterocycles. The average molecular weight is 314 g/mol. The van der Waals surface area contributed by atoms with Gasteiger partial charge in [-0.1, -0.05) is 0 Å². The monoisotopic (exact) mass is 314 g/mol. The van der Waals surface area contributed by atoms with Gasteiger partial charge in [-0.15, -0.1) is 0 Å². The van der Waals surface area contributed by atoms with Crippen molar-refractivity contribution in [2.75, 3.05) is 30.5 Å². The van der Waals surface area contributed by atoms with Gasteiger partial charge in [-0.05, 0) is 26.2 Å². The van der Waals surface area contributed by atoms with Crippen molar-refractivity contribution in [3.05, 3.63) is 0 Å². The molecule has 0 aliphatic carbocycles. The zero-order valence-electron chi connectivity index (χ0n) is 12.6. The number of rotatable bonds is 3. The number of anilines is 2. The summed E-state index contributed by atoms with van der Waals surface area (Å²) in [6.45, 7) is 2.81. The van der Waals surface area contributed by atoms with Crippen molar-refractivity contribution < 1.29 is 13.2 Å². The molecule has 7 nitrogen and oxygen atoms in total. The van der Waals surface area contributed by atoms with E-state index in [1.807, 2.05) is 0 Å². The second kappa shape index (κ2) is 5.17. The number of nitrogens with one attached hydrogen (secondary N) is 2. The van der Waals surface area contributed by atoms with Gasteiger partial charge in [0.05, 0.1) is 18.2 Å². The summed E-state index contributed by atoms with van der Waals surface area (Å²) in [4.78, 5) is 0.251. The van der Waals surface area contributed by atoms with Crippen LogP contribution in [0.1, 0.15) is 32.2 Å². The first-order valence-corrected chi connectivity index (χ1v) is 9.20. The molecule has 3 heterocycles. The number of sulfone groups is 1. The van der Waals surface area contributed by atoms with Crippen molar-refractivity contribution >= 4 is 21.5 Å². The molecule has 0 amide bonds. The first-order chi connectivity index (χ1) is 9.91. The molecule has 8 heteroatoms. The Morgan fingerprint density at radius 2 is 2.14 bits per heavy atom. The molecule has 2 N–H and O–H groups in total. The zero-order chi connectivity index (χ0) is 15.2. The lowest BCUT2D eigenvalue weighted by molar-refractivity contribution is 0.0173. The van der Waals surface area contributed by atoms with Gasteiger partial charge in [0.25, 0.3) is 0 Å². The van der Waals surface area contributed by atoms with Crippen LogP contribution in [0.2, 0.25) is 0 Å². The normalized spacial score (nSPS) is 29.0. The molecule has 118 valence electrons. The molecule has 1 aromatic heterocycles. The van der Waals surface area contributed by atoms with Crippen molar-refractivity contribution in [2.45, 2.75) is 49.3 Å². The molecule has 0 aromatic carbocycles. The predicted molar refractivity (Wildman–Crippen MR) is 80.6 cm³/mol. The van der Waals surface area contributed by atoms with E-state index in [1.54, 1.807) is 11.7 Å². The Kier molecular flexibility index (Phi) is 3.61. The Hall–Kier alpha value is -1.28. The van der Waals surface area contributed by atoms with Crippen LogP contribution >= 0.6 is 0 Å². The van der Waals surface area contributed by atoms with Gasteiger partial charge in [-0.2, -0.15) is 5.10 Å². The minimum Gasteiger partial charge on any atom is -0.373 e. The standard InChI is InChI=1S/C13H22N4O3S/c1-8-4-5-10(20-8)9-6-7-15-13-11(21(3,18)19)12(14-2)16-17(9)13/h8-10,15H,4-7H2,1-3H3,(H,14,16). The minimum absolute atomic E-state index is 0.0915. The number of aromatic nitrogens is 2.